The van der Waals surface area contributed by atoms with E-state index in [0.29, 0.717) is 0 Å². The molecular formula is C9H9F9O3. The summed E-state index contributed by atoms with van der Waals surface area (Å²) in [5.41, 5.74) is 0. The van der Waals surface area contributed by atoms with Crippen LogP contribution in [0.2, 0.25) is 0 Å². The molecule has 0 bridgehead atoms. The minimum absolute atomic E-state index is 0.462. The van der Waals surface area contributed by atoms with Gasteiger partial charge in [0.15, 0.2) is 6.10 Å². The highest BCUT2D eigenvalue weighted by molar-refractivity contribution is 5.74. The first kappa shape index (κ1) is 19.8. The van der Waals surface area contributed by atoms with Crippen LogP contribution in [0.5, 0.6) is 0 Å². The molecule has 0 fully saturated rings. The first-order valence-corrected chi connectivity index (χ1v) is 5.16. The third-order valence-corrected chi connectivity index (χ3v) is 2.22. The molecule has 1 atom stereocenters. The quantitative estimate of drug-likeness (QED) is 0.599. The van der Waals surface area contributed by atoms with Crippen LogP contribution in [-0.2, 0) is 9.53 Å². The number of carbonyl (C=O) groups excluding carboxylic acids is 1. The Kier molecular flexibility index (Phi) is 5.55. The molecule has 12 heteroatoms. The average molecular weight is 336 g/mol. The highest BCUT2D eigenvalue weighted by Gasteiger charge is 2.81. The molecule has 0 spiro atoms. The van der Waals surface area contributed by atoms with Gasteiger partial charge in [0.1, 0.15) is 0 Å². The minimum Gasteiger partial charge on any atom is -0.464 e. The molecule has 0 aromatic heterocycles. The highest BCUT2D eigenvalue weighted by Crippen LogP contribution is 2.54. The van der Waals surface area contributed by atoms with Gasteiger partial charge < -0.3 is 9.84 Å². The van der Waals surface area contributed by atoms with Crippen molar-refractivity contribution in [3.05, 3.63) is 0 Å². The second-order valence-corrected chi connectivity index (χ2v) is 3.82. The van der Waals surface area contributed by atoms with E-state index in [9.17, 15) is 44.3 Å². The molecule has 0 saturated heterocycles. The average Bonchev–Trinajstić information content (AvgIpc) is 2.26. The van der Waals surface area contributed by atoms with Crippen LogP contribution in [0.1, 0.15) is 13.3 Å². The Bertz CT molecular complexity index is 377. The summed E-state index contributed by atoms with van der Waals surface area (Å²) in [7, 11) is 0. The number of esters is 1. The van der Waals surface area contributed by atoms with E-state index in [1.807, 2.05) is 0 Å². The van der Waals surface area contributed by atoms with Crippen molar-refractivity contribution >= 4 is 5.97 Å². The predicted octanol–water partition coefficient (Wildman–Crippen LogP) is 2.77. The van der Waals surface area contributed by atoms with Gasteiger partial charge in [0.25, 0.3) is 0 Å². The van der Waals surface area contributed by atoms with Gasteiger partial charge in [-0.25, -0.2) is 4.79 Å². The van der Waals surface area contributed by atoms with Crippen LogP contribution in [0.4, 0.5) is 39.5 Å². The van der Waals surface area contributed by atoms with E-state index in [0.717, 1.165) is 6.92 Å². The monoisotopic (exact) mass is 336 g/mol. The zero-order valence-corrected chi connectivity index (χ0v) is 10.2. The van der Waals surface area contributed by atoms with E-state index in [1.165, 1.54) is 0 Å². The third kappa shape index (κ3) is 3.71. The SMILES string of the molecule is CCOC(=O)C(O)CC(F)(F)C(F)(F)C(F)(F)C(F)(F)F. The number of halogens is 9. The maximum atomic E-state index is 13.0. The van der Waals surface area contributed by atoms with Crippen molar-refractivity contribution in [2.45, 2.75) is 43.4 Å². The Morgan fingerprint density at radius 3 is 1.76 bits per heavy atom. The lowest BCUT2D eigenvalue weighted by Gasteiger charge is -2.34. The van der Waals surface area contributed by atoms with E-state index >= 15 is 0 Å². The van der Waals surface area contributed by atoms with Gasteiger partial charge in [0.2, 0.25) is 0 Å². The maximum absolute atomic E-state index is 13.0. The molecule has 0 aliphatic heterocycles. The maximum Gasteiger partial charge on any atom is 0.460 e. The molecule has 1 unspecified atom stereocenters. The number of ether oxygens (including phenoxy) is 1. The normalized spacial score (nSPS) is 15.8. The summed E-state index contributed by atoms with van der Waals surface area (Å²) >= 11 is 0. The topological polar surface area (TPSA) is 46.5 Å². The number of hydrogen-bond acceptors (Lipinski definition) is 3. The number of rotatable bonds is 6. The van der Waals surface area contributed by atoms with Crippen LogP contribution in [0, 0.1) is 0 Å². The second-order valence-electron chi connectivity index (χ2n) is 3.82. The fourth-order valence-electron chi connectivity index (χ4n) is 1.10. The lowest BCUT2D eigenvalue weighted by atomic mass is 9.98. The van der Waals surface area contributed by atoms with Crippen molar-refractivity contribution in [2.75, 3.05) is 6.61 Å². The van der Waals surface area contributed by atoms with E-state index in [4.69, 9.17) is 5.11 Å². The summed E-state index contributed by atoms with van der Waals surface area (Å²) in [4.78, 5) is 10.7. The molecule has 0 aromatic rings. The molecule has 0 rings (SSSR count). The van der Waals surface area contributed by atoms with Crippen LogP contribution >= 0.6 is 0 Å². The lowest BCUT2D eigenvalue weighted by Crippen LogP contribution is -2.61. The molecule has 0 heterocycles. The summed E-state index contributed by atoms with van der Waals surface area (Å²) in [6.45, 7) is 0.686. The number of aliphatic hydroxyl groups excluding tert-OH is 1. The molecule has 0 amide bonds. The van der Waals surface area contributed by atoms with E-state index in [1.54, 1.807) is 0 Å². The van der Waals surface area contributed by atoms with E-state index < -0.39 is 49.0 Å². The van der Waals surface area contributed by atoms with Crippen molar-refractivity contribution in [3.63, 3.8) is 0 Å². The van der Waals surface area contributed by atoms with Gasteiger partial charge in [-0.2, -0.15) is 39.5 Å². The second kappa shape index (κ2) is 5.89. The first-order chi connectivity index (χ1) is 9.12. The van der Waals surface area contributed by atoms with Gasteiger partial charge in [0, 0.05) is 0 Å². The van der Waals surface area contributed by atoms with Crippen molar-refractivity contribution in [3.8, 4) is 0 Å². The molecule has 0 saturated carbocycles. The number of alkyl halides is 9. The Hall–Kier alpha value is -1.20. The van der Waals surface area contributed by atoms with Crippen molar-refractivity contribution in [1.29, 1.82) is 0 Å². The molecular weight excluding hydrogens is 327 g/mol. The van der Waals surface area contributed by atoms with Crippen LogP contribution in [0.25, 0.3) is 0 Å². The van der Waals surface area contributed by atoms with Crippen LogP contribution in [-0.4, -0.2) is 47.7 Å². The predicted molar refractivity (Wildman–Crippen MR) is 48.2 cm³/mol. The van der Waals surface area contributed by atoms with Gasteiger partial charge in [-0.05, 0) is 6.92 Å². The van der Waals surface area contributed by atoms with Crippen molar-refractivity contribution in [1.82, 2.24) is 0 Å². The fourth-order valence-corrected chi connectivity index (χ4v) is 1.10. The van der Waals surface area contributed by atoms with Crippen LogP contribution in [0.3, 0.4) is 0 Å². The van der Waals surface area contributed by atoms with Crippen molar-refractivity contribution in [2.24, 2.45) is 0 Å². The Morgan fingerprint density at radius 2 is 1.43 bits per heavy atom. The molecule has 3 nitrogen and oxygen atoms in total. The standard InChI is InChI=1S/C9H9F9O3/c1-2-21-5(20)4(19)3-6(10,11)7(12,13)8(14,15)9(16,17)18/h4,19H,2-3H2,1H3. The Balaban J connectivity index is 5.35. The zero-order valence-electron chi connectivity index (χ0n) is 10.2. The van der Waals surface area contributed by atoms with Gasteiger partial charge in [-0.1, -0.05) is 0 Å². The minimum atomic E-state index is -7.06. The summed E-state index contributed by atoms with van der Waals surface area (Å²) in [6, 6.07) is 0. The lowest BCUT2D eigenvalue weighted by molar-refractivity contribution is -0.398. The summed E-state index contributed by atoms with van der Waals surface area (Å²) in [5.74, 6) is -21.8. The van der Waals surface area contributed by atoms with Gasteiger partial charge in [-0.3, -0.25) is 0 Å². The molecule has 0 aromatic carbocycles. The number of carbonyl (C=O) groups is 1. The third-order valence-electron chi connectivity index (χ3n) is 2.22. The molecule has 0 aliphatic rings. The van der Waals surface area contributed by atoms with E-state index in [-0.39, 0.29) is 0 Å². The van der Waals surface area contributed by atoms with Crippen molar-refractivity contribution < 1.29 is 54.2 Å². The Labute approximate surface area is 111 Å². The smallest absolute Gasteiger partial charge is 0.460 e. The molecule has 0 aliphatic carbocycles. The summed E-state index contributed by atoms with van der Waals surface area (Å²) < 4.78 is 116. The number of hydrogen-bond donors (Lipinski definition) is 1. The van der Waals surface area contributed by atoms with E-state index in [2.05, 4.69) is 4.74 Å². The van der Waals surface area contributed by atoms with Crippen LogP contribution < -0.4 is 0 Å². The first-order valence-electron chi connectivity index (χ1n) is 5.16. The Morgan fingerprint density at radius 1 is 1.00 bits per heavy atom. The van der Waals surface area contributed by atoms with Crippen LogP contribution in [0.15, 0.2) is 0 Å². The van der Waals surface area contributed by atoms with Gasteiger partial charge >= 0.3 is 29.9 Å². The molecule has 21 heavy (non-hydrogen) atoms. The number of aliphatic hydroxyl groups is 1. The fraction of sp³-hybridized carbons (Fsp3) is 0.889. The summed E-state index contributed by atoms with van der Waals surface area (Å²) in [5, 5.41) is 8.80. The highest BCUT2D eigenvalue weighted by atomic mass is 19.4. The zero-order chi connectivity index (χ0) is 17.3. The van der Waals surface area contributed by atoms with Gasteiger partial charge in [0.05, 0.1) is 13.0 Å². The molecule has 1 N–H and O–H groups in total. The molecule has 126 valence electrons. The summed E-state index contributed by atoms with van der Waals surface area (Å²) in [6.07, 6.45) is -12.6. The largest absolute Gasteiger partial charge is 0.464 e. The van der Waals surface area contributed by atoms with Gasteiger partial charge in [-0.15, -0.1) is 0 Å². The molecule has 0 radical (unpaired) electrons.